The Morgan fingerprint density at radius 3 is 2.48 bits per heavy atom. The summed E-state index contributed by atoms with van der Waals surface area (Å²) in [5, 5.41) is 6.11. The monoisotopic (exact) mass is 294 g/mol. The van der Waals surface area contributed by atoms with Crippen molar-refractivity contribution in [2.75, 3.05) is 20.8 Å². The summed E-state index contributed by atoms with van der Waals surface area (Å²) in [6.45, 7) is 7.24. The number of carbonyl (C=O) groups excluding carboxylic acids is 1. The zero-order chi connectivity index (χ0) is 15.8. The first-order chi connectivity index (χ1) is 9.97. The smallest absolute Gasteiger partial charge is 0.236 e. The first kappa shape index (κ1) is 17.3. The molecule has 0 aliphatic heterocycles. The number of methoxy groups -OCH3 is 2. The van der Waals surface area contributed by atoms with Crippen LogP contribution >= 0.6 is 0 Å². The summed E-state index contributed by atoms with van der Waals surface area (Å²) >= 11 is 0. The van der Waals surface area contributed by atoms with Crippen molar-refractivity contribution in [3.8, 4) is 11.5 Å². The summed E-state index contributed by atoms with van der Waals surface area (Å²) in [5.41, 5.74) is 0.988. The van der Waals surface area contributed by atoms with E-state index in [1.807, 2.05) is 25.1 Å². The predicted octanol–water partition coefficient (Wildman–Crippen LogP) is 1.95. The highest BCUT2D eigenvalue weighted by atomic mass is 16.5. The minimum absolute atomic E-state index is 0.0104. The van der Waals surface area contributed by atoms with Crippen LogP contribution in [-0.4, -0.2) is 32.7 Å². The molecule has 0 bridgehead atoms. The summed E-state index contributed by atoms with van der Waals surface area (Å²) in [7, 11) is 3.24. The number of rotatable bonds is 8. The number of amides is 1. The number of benzene rings is 1. The molecule has 0 aromatic heterocycles. The van der Waals surface area contributed by atoms with Gasteiger partial charge in [-0.1, -0.05) is 19.9 Å². The largest absolute Gasteiger partial charge is 0.497 e. The van der Waals surface area contributed by atoms with Gasteiger partial charge >= 0.3 is 0 Å². The lowest BCUT2D eigenvalue weighted by Gasteiger charge is -2.16. The van der Waals surface area contributed by atoms with Gasteiger partial charge in [0.2, 0.25) is 5.91 Å². The molecule has 0 saturated carbocycles. The summed E-state index contributed by atoms with van der Waals surface area (Å²) in [4.78, 5) is 11.9. The van der Waals surface area contributed by atoms with Gasteiger partial charge in [-0.05, 0) is 18.9 Å². The number of nitrogens with one attached hydrogen (secondary N) is 2. The topological polar surface area (TPSA) is 59.6 Å². The van der Waals surface area contributed by atoms with Crippen LogP contribution in [0.1, 0.15) is 26.3 Å². The van der Waals surface area contributed by atoms with Gasteiger partial charge < -0.3 is 20.1 Å². The number of carbonyl (C=O) groups is 1. The summed E-state index contributed by atoms with van der Waals surface area (Å²) in [5.74, 6) is 1.95. The molecule has 0 saturated heterocycles. The molecule has 5 heteroatoms. The molecule has 1 atom stereocenters. The highest BCUT2D eigenvalue weighted by Gasteiger charge is 2.13. The van der Waals surface area contributed by atoms with Crippen LogP contribution in [0.25, 0.3) is 0 Å². The molecular weight excluding hydrogens is 268 g/mol. The third-order valence-electron chi connectivity index (χ3n) is 3.17. The molecule has 1 aromatic rings. The van der Waals surface area contributed by atoms with Gasteiger partial charge in [0.1, 0.15) is 11.5 Å². The fourth-order valence-corrected chi connectivity index (χ4v) is 1.81. The lowest BCUT2D eigenvalue weighted by atomic mass is 10.1. The maximum absolute atomic E-state index is 11.9. The maximum Gasteiger partial charge on any atom is 0.236 e. The molecule has 5 nitrogen and oxygen atoms in total. The van der Waals surface area contributed by atoms with Gasteiger partial charge in [0, 0.05) is 24.7 Å². The van der Waals surface area contributed by atoms with E-state index in [1.165, 1.54) is 0 Å². The van der Waals surface area contributed by atoms with Gasteiger partial charge in [-0.15, -0.1) is 0 Å². The lowest BCUT2D eigenvalue weighted by molar-refractivity contribution is -0.122. The molecule has 0 fully saturated rings. The van der Waals surface area contributed by atoms with Crippen molar-refractivity contribution in [1.29, 1.82) is 0 Å². The molecule has 118 valence electrons. The van der Waals surface area contributed by atoms with E-state index in [-0.39, 0.29) is 11.9 Å². The average molecular weight is 294 g/mol. The second-order valence-corrected chi connectivity index (χ2v) is 5.42. The Kier molecular flexibility index (Phi) is 7.02. The van der Waals surface area contributed by atoms with E-state index < -0.39 is 0 Å². The summed E-state index contributed by atoms with van der Waals surface area (Å²) in [6.07, 6.45) is 0. The zero-order valence-corrected chi connectivity index (χ0v) is 13.5. The zero-order valence-electron chi connectivity index (χ0n) is 13.5. The Hall–Kier alpha value is -1.75. The molecule has 0 spiro atoms. The molecule has 0 aliphatic rings. The van der Waals surface area contributed by atoms with Gasteiger partial charge in [-0.3, -0.25) is 4.79 Å². The van der Waals surface area contributed by atoms with E-state index in [4.69, 9.17) is 9.47 Å². The van der Waals surface area contributed by atoms with Gasteiger partial charge in [0.25, 0.3) is 0 Å². The van der Waals surface area contributed by atoms with Crippen molar-refractivity contribution in [1.82, 2.24) is 10.6 Å². The molecule has 0 heterocycles. The van der Waals surface area contributed by atoms with Crippen LogP contribution in [0.3, 0.4) is 0 Å². The van der Waals surface area contributed by atoms with Crippen molar-refractivity contribution < 1.29 is 14.3 Å². The van der Waals surface area contributed by atoms with E-state index in [9.17, 15) is 4.79 Å². The van der Waals surface area contributed by atoms with Crippen LogP contribution in [0, 0.1) is 5.92 Å². The van der Waals surface area contributed by atoms with E-state index >= 15 is 0 Å². The average Bonchev–Trinajstić information content (AvgIpc) is 2.49. The third kappa shape index (κ3) is 5.63. The minimum atomic E-state index is -0.254. The fraction of sp³-hybridized carbons (Fsp3) is 0.562. The van der Waals surface area contributed by atoms with Crippen molar-refractivity contribution in [3.63, 3.8) is 0 Å². The Morgan fingerprint density at radius 2 is 1.90 bits per heavy atom. The Morgan fingerprint density at radius 1 is 1.19 bits per heavy atom. The summed E-state index contributed by atoms with van der Waals surface area (Å²) in [6, 6.07) is 5.39. The van der Waals surface area contributed by atoms with Crippen LogP contribution in [-0.2, 0) is 11.3 Å². The second-order valence-electron chi connectivity index (χ2n) is 5.42. The predicted molar refractivity (Wildman–Crippen MR) is 83.7 cm³/mol. The highest BCUT2D eigenvalue weighted by molar-refractivity contribution is 5.81. The number of ether oxygens (including phenoxy) is 2. The Balaban J connectivity index is 2.56. The van der Waals surface area contributed by atoms with Gasteiger partial charge in [0.05, 0.1) is 20.3 Å². The van der Waals surface area contributed by atoms with E-state index in [0.717, 1.165) is 17.1 Å². The first-order valence-electron chi connectivity index (χ1n) is 7.20. The molecule has 1 unspecified atom stereocenters. The van der Waals surface area contributed by atoms with Crippen LogP contribution in [0.2, 0.25) is 0 Å². The second kappa shape index (κ2) is 8.52. The Labute approximate surface area is 127 Å². The number of hydrogen-bond acceptors (Lipinski definition) is 4. The number of hydrogen-bond donors (Lipinski definition) is 2. The van der Waals surface area contributed by atoms with Crippen molar-refractivity contribution in [3.05, 3.63) is 23.8 Å². The van der Waals surface area contributed by atoms with E-state index in [0.29, 0.717) is 19.0 Å². The third-order valence-corrected chi connectivity index (χ3v) is 3.17. The van der Waals surface area contributed by atoms with Gasteiger partial charge in [-0.25, -0.2) is 0 Å². The Bertz CT molecular complexity index is 461. The molecule has 1 amide bonds. The van der Waals surface area contributed by atoms with Gasteiger partial charge in [-0.2, -0.15) is 0 Å². The van der Waals surface area contributed by atoms with Crippen molar-refractivity contribution in [2.24, 2.45) is 5.92 Å². The minimum Gasteiger partial charge on any atom is -0.497 e. The normalized spacial score (nSPS) is 12.1. The summed E-state index contributed by atoms with van der Waals surface area (Å²) < 4.78 is 10.5. The van der Waals surface area contributed by atoms with Gasteiger partial charge in [0.15, 0.2) is 0 Å². The molecule has 2 N–H and O–H groups in total. The van der Waals surface area contributed by atoms with Crippen LogP contribution in [0.4, 0.5) is 0 Å². The van der Waals surface area contributed by atoms with E-state index in [1.54, 1.807) is 14.2 Å². The molecular formula is C16H26N2O3. The molecule has 21 heavy (non-hydrogen) atoms. The highest BCUT2D eigenvalue weighted by Crippen LogP contribution is 2.24. The standard InChI is InChI=1S/C16H26N2O3/c1-11(2)9-18-16(19)12(3)17-10-13-6-7-14(20-4)8-15(13)21-5/h6-8,11-12,17H,9-10H2,1-5H3,(H,18,19). The molecule has 1 rings (SSSR count). The van der Waals surface area contributed by atoms with Crippen LogP contribution in [0.15, 0.2) is 18.2 Å². The maximum atomic E-state index is 11.9. The van der Waals surface area contributed by atoms with Crippen molar-refractivity contribution >= 4 is 5.91 Å². The molecule has 0 radical (unpaired) electrons. The lowest BCUT2D eigenvalue weighted by Crippen LogP contribution is -2.43. The fourth-order valence-electron chi connectivity index (χ4n) is 1.81. The quantitative estimate of drug-likeness (QED) is 0.769. The van der Waals surface area contributed by atoms with E-state index in [2.05, 4.69) is 24.5 Å². The van der Waals surface area contributed by atoms with Crippen LogP contribution in [0.5, 0.6) is 11.5 Å². The molecule has 1 aromatic carbocycles. The SMILES string of the molecule is COc1ccc(CNC(C)C(=O)NCC(C)C)c(OC)c1. The van der Waals surface area contributed by atoms with Crippen LogP contribution < -0.4 is 20.1 Å². The van der Waals surface area contributed by atoms with Crippen molar-refractivity contribution in [2.45, 2.75) is 33.4 Å². The molecule has 0 aliphatic carbocycles. The first-order valence-corrected chi connectivity index (χ1v) is 7.20.